The Morgan fingerprint density at radius 1 is 1.26 bits per heavy atom. The van der Waals surface area contributed by atoms with Gasteiger partial charge < -0.3 is 15.0 Å². The van der Waals surface area contributed by atoms with Gasteiger partial charge in [-0.1, -0.05) is 6.07 Å². The Hall–Kier alpha value is -2.69. The molecule has 0 aromatic carbocycles. The molecule has 0 unspecified atom stereocenters. The summed E-state index contributed by atoms with van der Waals surface area (Å²) in [7, 11) is 1.70. The maximum absolute atomic E-state index is 15.5. The number of ether oxygens (including phenoxy) is 1. The van der Waals surface area contributed by atoms with Crippen LogP contribution in [-0.4, -0.2) is 75.2 Å². The van der Waals surface area contributed by atoms with Crippen molar-refractivity contribution in [3.05, 3.63) is 35.3 Å². The Morgan fingerprint density at radius 3 is 2.74 bits per heavy atom. The van der Waals surface area contributed by atoms with Gasteiger partial charge in [0.05, 0.1) is 18.3 Å². The summed E-state index contributed by atoms with van der Waals surface area (Å²) >= 11 is 0. The van der Waals surface area contributed by atoms with Crippen molar-refractivity contribution in [1.29, 1.82) is 0 Å². The van der Waals surface area contributed by atoms with Crippen LogP contribution < -0.4 is 10.1 Å². The lowest BCUT2D eigenvalue weighted by Crippen LogP contribution is -2.43. The van der Waals surface area contributed by atoms with Gasteiger partial charge in [0.25, 0.3) is 6.43 Å². The van der Waals surface area contributed by atoms with Crippen LogP contribution in [0.25, 0.3) is 0 Å². The molecule has 0 saturated heterocycles. The van der Waals surface area contributed by atoms with E-state index < -0.39 is 18.7 Å². The first-order chi connectivity index (χ1) is 16.8. The maximum atomic E-state index is 15.5. The largest absolute Gasteiger partial charge is 0.472 e. The molecule has 1 amide bonds. The highest BCUT2D eigenvalue weighted by Gasteiger charge is 2.36. The number of fused-ring (bicyclic) bond motifs is 1. The second-order valence-electron chi connectivity index (χ2n) is 9.54. The lowest BCUT2D eigenvalue weighted by atomic mass is 9.81. The van der Waals surface area contributed by atoms with E-state index in [0.717, 1.165) is 30.8 Å². The summed E-state index contributed by atoms with van der Waals surface area (Å²) in [4.78, 5) is 20.3. The number of hydrogen-bond donors (Lipinski definition) is 1. The molecule has 1 fully saturated rings. The molecule has 2 aromatic rings. The highest BCUT2D eigenvalue weighted by atomic mass is 19.3. The van der Waals surface area contributed by atoms with E-state index in [9.17, 15) is 13.6 Å². The van der Waals surface area contributed by atoms with Crippen LogP contribution in [0.2, 0.25) is 0 Å². The molecule has 0 bridgehead atoms. The zero-order chi connectivity index (χ0) is 24.8. The predicted molar refractivity (Wildman–Crippen MR) is 123 cm³/mol. The molecule has 11 heteroatoms. The van der Waals surface area contributed by atoms with Gasteiger partial charge in [-0.15, -0.1) is 0 Å². The van der Waals surface area contributed by atoms with Crippen molar-refractivity contribution in [2.24, 2.45) is 7.05 Å². The topological polar surface area (TPSA) is 85.2 Å². The standard InChI is InChI=1S/C24H33F3N6O2/c1-32-28-15-19(31-32)14-22(34)29-18-4-8-24(27,9-5-18)10-13-33-11-6-17-2-3-23(35-16-21(25)26)30-20(17)7-12-33/h2-3,15,18,21H,4-14,16H2,1H3,(H,29,34)/t18-,24+. The average molecular weight is 495 g/mol. The molecule has 192 valence electrons. The molecule has 1 aliphatic heterocycles. The normalized spacial score (nSPS) is 23.1. The number of nitrogens with zero attached hydrogens (tertiary/aromatic N) is 5. The zero-order valence-electron chi connectivity index (χ0n) is 20.1. The number of aryl methyl sites for hydroxylation is 1. The van der Waals surface area contributed by atoms with Gasteiger partial charge in [-0.3, -0.25) is 4.79 Å². The van der Waals surface area contributed by atoms with Crippen molar-refractivity contribution in [3.8, 4) is 5.88 Å². The summed E-state index contributed by atoms with van der Waals surface area (Å²) in [6, 6.07) is 3.52. The van der Waals surface area contributed by atoms with Crippen LogP contribution >= 0.6 is 0 Å². The number of amides is 1. The minimum atomic E-state index is -2.53. The molecule has 4 rings (SSSR count). The van der Waals surface area contributed by atoms with Crippen molar-refractivity contribution in [2.45, 2.75) is 69.5 Å². The van der Waals surface area contributed by atoms with Crippen LogP contribution in [-0.2, 0) is 31.1 Å². The number of halogens is 3. The van der Waals surface area contributed by atoms with Crippen molar-refractivity contribution in [3.63, 3.8) is 0 Å². The highest BCUT2D eigenvalue weighted by molar-refractivity contribution is 5.78. The first-order valence-electron chi connectivity index (χ1n) is 12.2. The maximum Gasteiger partial charge on any atom is 0.272 e. The molecule has 35 heavy (non-hydrogen) atoms. The van der Waals surface area contributed by atoms with Gasteiger partial charge in [-0.2, -0.15) is 15.0 Å². The lowest BCUT2D eigenvalue weighted by Gasteiger charge is -2.35. The summed E-state index contributed by atoms with van der Waals surface area (Å²) in [5.74, 6) is 0.114. The smallest absolute Gasteiger partial charge is 0.272 e. The van der Waals surface area contributed by atoms with E-state index in [4.69, 9.17) is 4.74 Å². The highest BCUT2D eigenvalue weighted by Crippen LogP contribution is 2.35. The molecule has 3 heterocycles. The number of hydrogen-bond acceptors (Lipinski definition) is 6. The Balaban J connectivity index is 1.19. The summed E-state index contributed by atoms with van der Waals surface area (Å²) in [5.41, 5.74) is 1.35. The van der Waals surface area contributed by atoms with Crippen LogP contribution in [0.3, 0.4) is 0 Å². The van der Waals surface area contributed by atoms with Crippen molar-refractivity contribution < 1.29 is 22.7 Å². The van der Waals surface area contributed by atoms with Gasteiger partial charge in [0, 0.05) is 50.9 Å². The Bertz CT molecular complexity index is 993. The molecule has 0 atom stereocenters. The summed E-state index contributed by atoms with van der Waals surface area (Å²) in [6.07, 6.45) is 3.26. The number of nitrogens with one attached hydrogen (secondary N) is 1. The number of carbonyl (C=O) groups is 1. The Morgan fingerprint density at radius 2 is 2.03 bits per heavy atom. The lowest BCUT2D eigenvalue weighted by molar-refractivity contribution is -0.121. The fourth-order valence-electron chi connectivity index (χ4n) is 4.86. The molecule has 1 saturated carbocycles. The fraction of sp³-hybridized carbons (Fsp3) is 0.667. The van der Waals surface area contributed by atoms with Gasteiger partial charge in [0.1, 0.15) is 5.67 Å². The number of pyridine rings is 1. The molecule has 0 radical (unpaired) electrons. The molecule has 2 aliphatic rings. The number of carbonyl (C=O) groups excluding carboxylic acids is 1. The molecule has 1 aliphatic carbocycles. The van der Waals surface area contributed by atoms with Crippen LogP contribution in [0, 0.1) is 0 Å². The first-order valence-corrected chi connectivity index (χ1v) is 12.2. The third-order valence-electron chi connectivity index (χ3n) is 6.87. The first kappa shape index (κ1) is 25.4. The molecule has 0 spiro atoms. The van der Waals surface area contributed by atoms with Gasteiger partial charge >= 0.3 is 0 Å². The van der Waals surface area contributed by atoms with E-state index in [2.05, 4.69) is 25.4 Å². The molecule has 2 aromatic heterocycles. The van der Waals surface area contributed by atoms with Crippen molar-refractivity contribution in [2.75, 3.05) is 26.2 Å². The van der Waals surface area contributed by atoms with E-state index in [0.29, 0.717) is 50.8 Å². The summed E-state index contributed by atoms with van der Waals surface area (Å²) < 4.78 is 45.3. The summed E-state index contributed by atoms with van der Waals surface area (Å²) in [6.45, 7) is 1.55. The minimum absolute atomic E-state index is 0.0108. The SMILES string of the molecule is Cn1ncc(CC(=O)N[C@H]2CC[C@](F)(CCN3CCc4ccc(OCC(F)F)nc4CC3)CC2)n1. The number of rotatable bonds is 9. The third-order valence-corrected chi connectivity index (χ3v) is 6.87. The molecule has 8 nitrogen and oxygen atoms in total. The Kier molecular flexibility index (Phi) is 8.25. The Labute approximate surface area is 203 Å². The second kappa shape index (κ2) is 11.4. The van der Waals surface area contributed by atoms with Crippen LogP contribution in [0.15, 0.2) is 18.3 Å². The third kappa shape index (κ3) is 7.39. The molecule has 1 N–H and O–H groups in total. The van der Waals surface area contributed by atoms with Crippen LogP contribution in [0.5, 0.6) is 5.88 Å². The van der Waals surface area contributed by atoms with Crippen LogP contribution in [0.4, 0.5) is 13.2 Å². The second-order valence-corrected chi connectivity index (χ2v) is 9.54. The monoisotopic (exact) mass is 494 g/mol. The van der Waals surface area contributed by atoms with E-state index >= 15 is 4.39 Å². The quantitative estimate of drug-likeness (QED) is 0.577. The van der Waals surface area contributed by atoms with E-state index in [1.54, 1.807) is 19.3 Å². The number of aromatic nitrogens is 4. The zero-order valence-corrected chi connectivity index (χ0v) is 20.1. The number of alkyl halides is 3. The van der Waals surface area contributed by atoms with Gasteiger partial charge in [-0.25, -0.2) is 18.2 Å². The minimum Gasteiger partial charge on any atom is -0.472 e. The molecular weight excluding hydrogens is 461 g/mol. The van der Waals surface area contributed by atoms with E-state index in [1.807, 2.05) is 6.07 Å². The van der Waals surface area contributed by atoms with Gasteiger partial charge in [0.2, 0.25) is 11.8 Å². The fourth-order valence-corrected chi connectivity index (χ4v) is 4.86. The average Bonchev–Trinajstić information content (AvgIpc) is 3.12. The molecular formula is C24H33F3N6O2. The van der Waals surface area contributed by atoms with Gasteiger partial charge in [-0.05, 0) is 44.1 Å². The van der Waals surface area contributed by atoms with Crippen LogP contribution in [0.1, 0.15) is 49.1 Å². The van der Waals surface area contributed by atoms with Gasteiger partial charge in [0.15, 0.2) is 6.61 Å². The summed E-state index contributed by atoms with van der Waals surface area (Å²) in [5, 5.41) is 11.1. The predicted octanol–water partition coefficient (Wildman–Crippen LogP) is 2.65. The van der Waals surface area contributed by atoms with Crippen molar-refractivity contribution in [1.82, 2.24) is 30.2 Å². The van der Waals surface area contributed by atoms with Crippen molar-refractivity contribution >= 4 is 5.91 Å². The van der Waals surface area contributed by atoms with E-state index in [-0.39, 0.29) is 24.2 Å². The van der Waals surface area contributed by atoms with E-state index in [1.165, 1.54) is 4.80 Å².